The average molecular weight is 348 g/mol. The molecule has 0 unspecified atom stereocenters. The highest BCUT2D eigenvalue weighted by Gasteiger charge is 2.16. The number of fused-ring (bicyclic) bond motifs is 1. The van der Waals surface area contributed by atoms with Crippen molar-refractivity contribution >= 4 is 30.6 Å². The van der Waals surface area contributed by atoms with E-state index >= 15 is 0 Å². The number of hydrogen-bond acceptors (Lipinski definition) is 4. The first-order chi connectivity index (χ1) is 9.92. The van der Waals surface area contributed by atoms with Crippen molar-refractivity contribution in [3.63, 3.8) is 0 Å². The predicted molar refractivity (Wildman–Crippen MR) is 95.7 cm³/mol. The molecule has 0 aromatic carbocycles. The Balaban J connectivity index is 0.00000121. The summed E-state index contributed by atoms with van der Waals surface area (Å²) in [7, 11) is 0. The SMILES string of the molecule is Cl.Cl.c1cc2c(nc1CCCCCOC1CNC1)NCCC2. The van der Waals surface area contributed by atoms with E-state index in [4.69, 9.17) is 9.72 Å². The third-order valence-electron chi connectivity index (χ3n) is 4.13. The highest BCUT2D eigenvalue weighted by Crippen LogP contribution is 2.20. The largest absolute Gasteiger partial charge is 0.376 e. The van der Waals surface area contributed by atoms with Crippen molar-refractivity contribution in [3.8, 4) is 0 Å². The molecule has 0 aliphatic carbocycles. The monoisotopic (exact) mass is 347 g/mol. The van der Waals surface area contributed by atoms with Crippen LogP contribution in [0.4, 0.5) is 5.82 Å². The summed E-state index contributed by atoms with van der Waals surface area (Å²) in [5.41, 5.74) is 2.60. The molecular weight excluding hydrogens is 321 g/mol. The molecule has 6 heteroatoms. The minimum atomic E-state index is 0. The number of aryl methyl sites for hydroxylation is 2. The highest BCUT2D eigenvalue weighted by molar-refractivity contribution is 5.85. The van der Waals surface area contributed by atoms with Crippen LogP contribution < -0.4 is 10.6 Å². The van der Waals surface area contributed by atoms with Gasteiger partial charge in [0, 0.05) is 31.9 Å². The lowest BCUT2D eigenvalue weighted by atomic mass is 10.1. The normalized spacial score (nSPS) is 16.5. The average Bonchev–Trinajstić information content (AvgIpc) is 2.44. The van der Waals surface area contributed by atoms with E-state index in [9.17, 15) is 0 Å². The van der Waals surface area contributed by atoms with Gasteiger partial charge in [0.25, 0.3) is 0 Å². The first-order valence-corrected chi connectivity index (χ1v) is 7.97. The van der Waals surface area contributed by atoms with Gasteiger partial charge in [-0.05, 0) is 43.7 Å². The summed E-state index contributed by atoms with van der Waals surface area (Å²) in [6, 6.07) is 4.44. The summed E-state index contributed by atoms with van der Waals surface area (Å²) in [5, 5.41) is 6.62. The molecule has 0 radical (unpaired) electrons. The van der Waals surface area contributed by atoms with Crippen molar-refractivity contribution in [2.45, 2.75) is 44.6 Å². The predicted octanol–water partition coefficient (Wildman–Crippen LogP) is 2.98. The van der Waals surface area contributed by atoms with Crippen molar-refractivity contribution < 1.29 is 4.74 Å². The summed E-state index contributed by atoms with van der Waals surface area (Å²) < 4.78 is 5.72. The van der Waals surface area contributed by atoms with Gasteiger partial charge in [-0.2, -0.15) is 0 Å². The van der Waals surface area contributed by atoms with Gasteiger partial charge < -0.3 is 15.4 Å². The van der Waals surface area contributed by atoms with Crippen LogP contribution in [-0.4, -0.2) is 37.3 Å². The maximum atomic E-state index is 5.72. The Hall–Kier alpha value is -0.550. The van der Waals surface area contributed by atoms with Crippen molar-refractivity contribution in [3.05, 3.63) is 23.4 Å². The lowest BCUT2D eigenvalue weighted by Gasteiger charge is -2.27. The van der Waals surface area contributed by atoms with Gasteiger partial charge in [-0.15, -0.1) is 24.8 Å². The number of halogens is 2. The molecule has 1 fully saturated rings. The van der Waals surface area contributed by atoms with Crippen LogP contribution in [0.1, 0.15) is 36.9 Å². The molecule has 0 amide bonds. The van der Waals surface area contributed by atoms with Gasteiger partial charge in [0.1, 0.15) is 5.82 Å². The van der Waals surface area contributed by atoms with E-state index in [1.54, 1.807) is 0 Å². The zero-order valence-corrected chi connectivity index (χ0v) is 14.6. The lowest BCUT2D eigenvalue weighted by Crippen LogP contribution is -2.48. The van der Waals surface area contributed by atoms with Crippen LogP contribution in [0, 0.1) is 0 Å². The van der Waals surface area contributed by atoms with Crippen molar-refractivity contribution in [2.75, 3.05) is 31.6 Å². The van der Waals surface area contributed by atoms with E-state index in [1.165, 1.54) is 43.4 Å². The van der Waals surface area contributed by atoms with Gasteiger partial charge in [0.05, 0.1) is 6.10 Å². The number of anilines is 1. The van der Waals surface area contributed by atoms with Crippen LogP contribution in [-0.2, 0) is 17.6 Å². The van der Waals surface area contributed by atoms with E-state index in [-0.39, 0.29) is 24.8 Å². The second-order valence-corrected chi connectivity index (χ2v) is 5.80. The number of nitrogens with one attached hydrogen (secondary N) is 2. The summed E-state index contributed by atoms with van der Waals surface area (Å²) in [6.07, 6.45) is 7.56. The maximum absolute atomic E-state index is 5.72. The molecule has 0 atom stereocenters. The minimum absolute atomic E-state index is 0. The van der Waals surface area contributed by atoms with Crippen molar-refractivity contribution in [2.24, 2.45) is 0 Å². The summed E-state index contributed by atoms with van der Waals surface area (Å²) >= 11 is 0. The molecule has 2 aliphatic heterocycles. The van der Waals surface area contributed by atoms with E-state index in [0.29, 0.717) is 6.10 Å². The Kier molecular flexibility index (Phi) is 9.10. The number of rotatable bonds is 7. The molecule has 0 saturated carbocycles. The van der Waals surface area contributed by atoms with Crippen LogP contribution in [0.15, 0.2) is 12.1 Å². The van der Waals surface area contributed by atoms with E-state index in [2.05, 4.69) is 22.8 Å². The Labute approximate surface area is 145 Å². The molecule has 1 aromatic heterocycles. The lowest BCUT2D eigenvalue weighted by molar-refractivity contribution is 0.0170. The quantitative estimate of drug-likeness (QED) is 0.744. The number of hydrogen-bond donors (Lipinski definition) is 2. The molecule has 0 bridgehead atoms. The second kappa shape index (κ2) is 10.3. The maximum Gasteiger partial charge on any atom is 0.129 e. The fraction of sp³-hybridized carbons (Fsp3) is 0.688. The molecule has 1 saturated heterocycles. The Morgan fingerprint density at radius 1 is 1.14 bits per heavy atom. The van der Waals surface area contributed by atoms with E-state index < -0.39 is 0 Å². The summed E-state index contributed by atoms with van der Waals surface area (Å²) in [6.45, 7) is 4.04. The van der Waals surface area contributed by atoms with Crippen LogP contribution in [0.3, 0.4) is 0 Å². The van der Waals surface area contributed by atoms with Gasteiger partial charge in [0.2, 0.25) is 0 Å². The number of pyridine rings is 1. The zero-order valence-electron chi connectivity index (χ0n) is 13.0. The number of nitrogens with zero attached hydrogens (tertiary/aromatic N) is 1. The standard InChI is InChI=1S/C16H25N3O.2ClH/c1(3-10-20-15-11-17-12-15)2-6-14-8-7-13-5-4-9-18-16(13)19-14;;/h7-8,15,17H,1-6,9-12H2,(H,18,19);2*1H. The molecule has 22 heavy (non-hydrogen) atoms. The van der Waals surface area contributed by atoms with Crippen molar-refractivity contribution in [1.82, 2.24) is 10.3 Å². The molecule has 4 nitrogen and oxygen atoms in total. The molecular formula is C16H27Cl2N3O. The van der Waals surface area contributed by atoms with E-state index in [0.717, 1.165) is 38.5 Å². The molecule has 1 aromatic rings. The van der Waals surface area contributed by atoms with Crippen LogP contribution in [0.5, 0.6) is 0 Å². The van der Waals surface area contributed by atoms with Crippen LogP contribution in [0.2, 0.25) is 0 Å². The van der Waals surface area contributed by atoms with Gasteiger partial charge in [0.15, 0.2) is 0 Å². The summed E-state index contributed by atoms with van der Waals surface area (Å²) in [5.74, 6) is 1.12. The van der Waals surface area contributed by atoms with Crippen LogP contribution >= 0.6 is 24.8 Å². The van der Waals surface area contributed by atoms with Gasteiger partial charge in [-0.1, -0.05) is 12.5 Å². The van der Waals surface area contributed by atoms with Gasteiger partial charge >= 0.3 is 0 Å². The van der Waals surface area contributed by atoms with Crippen molar-refractivity contribution in [1.29, 1.82) is 0 Å². The Bertz CT molecular complexity index is 441. The van der Waals surface area contributed by atoms with E-state index in [1.807, 2.05) is 0 Å². The molecule has 0 spiro atoms. The molecule has 2 N–H and O–H groups in total. The highest BCUT2D eigenvalue weighted by atomic mass is 35.5. The topological polar surface area (TPSA) is 46.2 Å². The number of aromatic nitrogens is 1. The van der Waals surface area contributed by atoms with Gasteiger partial charge in [-0.25, -0.2) is 4.98 Å². The number of ether oxygens (including phenoxy) is 1. The Morgan fingerprint density at radius 2 is 2.00 bits per heavy atom. The second-order valence-electron chi connectivity index (χ2n) is 5.80. The van der Waals surface area contributed by atoms with Crippen LogP contribution in [0.25, 0.3) is 0 Å². The van der Waals surface area contributed by atoms with Gasteiger partial charge in [-0.3, -0.25) is 0 Å². The number of unbranched alkanes of at least 4 members (excludes halogenated alkanes) is 2. The third-order valence-corrected chi connectivity index (χ3v) is 4.13. The molecule has 3 heterocycles. The summed E-state index contributed by atoms with van der Waals surface area (Å²) in [4.78, 5) is 4.73. The third kappa shape index (κ3) is 5.58. The Morgan fingerprint density at radius 3 is 2.77 bits per heavy atom. The molecule has 126 valence electrons. The molecule has 2 aliphatic rings. The first kappa shape index (κ1) is 19.5. The minimum Gasteiger partial charge on any atom is -0.376 e. The fourth-order valence-corrected chi connectivity index (χ4v) is 2.72. The fourth-order valence-electron chi connectivity index (χ4n) is 2.72. The smallest absolute Gasteiger partial charge is 0.129 e. The molecule has 3 rings (SSSR count). The zero-order chi connectivity index (χ0) is 13.6. The first-order valence-electron chi connectivity index (χ1n) is 7.97.